The predicted molar refractivity (Wildman–Crippen MR) is 75.0 cm³/mol. The average molecular weight is 234 g/mol. The summed E-state index contributed by atoms with van der Waals surface area (Å²) in [4.78, 5) is 0. The van der Waals surface area contributed by atoms with Crippen LogP contribution in [0.5, 0.6) is 0 Å². The Morgan fingerprint density at radius 2 is 1.65 bits per heavy atom. The third-order valence-electron chi connectivity index (χ3n) is 2.95. The van der Waals surface area contributed by atoms with Crippen molar-refractivity contribution in [3.05, 3.63) is 35.4 Å². The third-order valence-corrected chi connectivity index (χ3v) is 2.95. The van der Waals surface area contributed by atoms with Gasteiger partial charge in [0.1, 0.15) is 0 Å². The van der Waals surface area contributed by atoms with Crippen LogP contribution in [0, 0.1) is 5.92 Å². The summed E-state index contributed by atoms with van der Waals surface area (Å²) >= 11 is 0. The summed E-state index contributed by atoms with van der Waals surface area (Å²) in [5.74, 6) is 0.718. The van der Waals surface area contributed by atoms with Gasteiger partial charge < -0.3 is 11.1 Å². The van der Waals surface area contributed by atoms with Crippen LogP contribution < -0.4 is 11.1 Å². The highest BCUT2D eigenvalue weighted by molar-refractivity contribution is 5.22. The van der Waals surface area contributed by atoms with E-state index >= 15 is 0 Å². The van der Waals surface area contributed by atoms with Crippen LogP contribution in [0.2, 0.25) is 0 Å². The molecule has 0 spiro atoms. The number of rotatable bonds is 6. The van der Waals surface area contributed by atoms with Gasteiger partial charge in [-0.25, -0.2) is 0 Å². The Kier molecular flexibility index (Phi) is 5.16. The Labute approximate surface area is 106 Å². The molecule has 0 bridgehead atoms. The van der Waals surface area contributed by atoms with Gasteiger partial charge in [0.25, 0.3) is 0 Å². The number of hydrogen-bond acceptors (Lipinski definition) is 2. The van der Waals surface area contributed by atoms with E-state index in [1.165, 1.54) is 11.1 Å². The minimum absolute atomic E-state index is 0.0105. The molecule has 2 nitrogen and oxygen atoms in total. The minimum Gasteiger partial charge on any atom is -0.329 e. The van der Waals surface area contributed by atoms with Crippen LogP contribution in [-0.2, 0) is 13.0 Å². The lowest BCUT2D eigenvalue weighted by atomic mass is 10.0. The quantitative estimate of drug-likeness (QED) is 0.794. The van der Waals surface area contributed by atoms with Crippen molar-refractivity contribution in [2.45, 2.75) is 46.2 Å². The molecule has 0 aliphatic carbocycles. The van der Waals surface area contributed by atoms with Crippen LogP contribution in [-0.4, -0.2) is 12.1 Å². The van der Waals surface area contributed by atoms with Crippen molar-refractivity contribution in [2.24, 2.45) is 11.7 Å². The first kappa shape index (κ1) is 14.2. The summed E-state index contributed by atoms with van der Waals surface area (Å²) in [7, 11) is 0. The standard InChI is InChI=1S/C15H26N2/c1-12(2)9-13-5-7-14(8-6-13)10-17-15(3,4)11-16/h5-8,12,17H,9-11,16H2,1-4H3. The lowest BCUT2D eigenvalue weighted by Gasteiger charge is -2.24. The number of nitrogens with one attached hydrogen (secondary N) is 1. The molecular weight excluding hydrogens is 208 g/mol. The van der Waals surface area contributed by atoms with Crippen LogP contribution >= 0.6 is 0 Å². The number of nitrogens with two attached hydrogens (primary N) is 1. The molecule has 0 amide bonds. The zero-order valence-corrected chi connectivity index (χ0v) is 11.6. The fourth-order valence-electron chi connectivity index (χ4n) is 1.68. The molecule has 0 fully saturated rings. The van der Waals surface area contributed by atoms with Crippen molar-refractivity contribution in [2.75, 3.05) is 6.54 Å². The normalized spacial score (nSPS) is 12.1. The maximum atomic E-state index is 5.69. The van der Waals surface area contributed by atoms with Crippen LogP contribution in [0.1, 0.15) is 38.8 Å². The molecule has 2 heteroatoms. The molecule has 1 rings (SSSR count). The van der Waals surface area contributed by atoms with Crippen LogP contribution in [0.3, 0.4) is 0 Å². The van der Waals surface area contributed by atoms with Crippen molar-refractivity contribution >= 4 is 0 Å². The Balaban J connectivity index is 2.51. The van der Waals surface area contributed by atoms with E-state index < -0.39 is 0 Å². The fourth-order valence-corrected chi connectivity index (χ4v) is 1.68. The summed E-state index contributed by atoms with van der Waals surface area (Å²) in [6.07, 6.45) is 1.15. The molecule has 96 valence electrons. The molecule has 0 aliphatic heterocycles. The van der Waals surface area contributed by atoms with Gasteiger partial charge in [-0.2, -0.15) is 0 Å². The van der Waals surface area contributed by atoms with Gasteiger partial charge in [-0.1, -0.05) is 38.1 Å². The van der Waals surface area contributed by atoms with E-state index in [4.69, 9.17) is 5.73 Å². The van der Waals surface area contributed by atoms with Gasteiger partial charge in [0, 0.05) is 18.6 Å². The molecule has 0 radical (unpaired) electrons. The Morgan fingerprint density at radius 3 is 2.12 bits per heavy atom. The topological polar surface area (TPSA) is 38.0 Å². The highest BCUT2D eigenvalue weighted by atomic mass is 15.0. The highest BCUT2D eigenvalue weighted by Gasteiger charge is 2.13. The van der Waals surface area contributed by atoms with Gasteiger partial charge in [0.05, 0.1) is 0 Å². The lowest BCUT2D eigenvalue weighted by molar-refractivity contribution is 0.396. The fraction of sp³-hybridized carbons (Fsp3) is 0.600. The van der Waals surface area contributed by atoms with Crippen molar-refractivity contribution in [3.63, 3.8) is 0 Å². The minimum atomic E-state index is 0.0105. The largest absolute Gasteiger partial charge is 0.329 e. The van der Waals surface area contributed by atoms with Crippen LogP contribution in [0.25, 0.3) is 0 Å². The highest BCUT2D eigenvalue weighted by Crippen LogP contribution is 2.10. The van der Waals surface area contributed by atoms with Crippen molar-refractivity contribution in [1.82, 2.24) is 5.32 Å². The van der Waals surface area contributed by atoms with Gasteiger partial charge in [-0.15, -0.1) is 0 Å². The van der Waals surface area contributed by atoms with Gasteiger partial charge in [-0.3, -0.25) is 0 Å². The molecule has 0 aliphatic rings. The van der Waals surface area contributed by atoms with Gasteiger partial charge >= 0.3 is 0 Å². The molecule has 1 aromatic rings. The van der Waals surface area contributed by atoms with Crippen molar-refractivity contribution in [3.8, 4) is 0 Å². The molecule has 0 atom stereocenters. The second-order valence-corrected chi connectivity index (χ2v) is 5.86. The van der Waals surface area contributed by atoms with Crippen molar-refractivity contribution in [1.29, 1.82) is 0 Å². The molecule has 0 aromatic heterocycles. The van der Waals surface area contributed by atoms with E-state index in [2.05, 4.69) is 57.3 Å². The first-order valence-corrected chi connectivity index (χ1v) is 6.46. The van der Waals surface area contributed by atoms with E-state index in [0.29, 0.717) is 6.54 Å². The maximum absolute atomic E-state index is 5.69. The first-order valence-electron chi connectivity index (χ1n) is 6.46. The lowest BCUT2D eigenvalue weighted by Crippen LogP contribution is -2.45. The molecule has 3 N–H and O–H groups in total. The Bertz CT molecular complexity index is 325. The Morgan fingerprint density at radius 1 is 1.12 bits per heavy atom. The summed E-state index contributed by atoms with van der Waals surface area (Å²) in [5, 5.41) is 3.46. The molecule has 17 heavy (non-hydrogen) atoms. The van der Waals surface area contributed by atoms with Crippen LogP contribution in [0.15, 0.2) is 24.3 Å². The van der Waals surface area contributed by atoms with E-state index in [-0.39, 0.29) is 5.54 Å². The van der Waals surface area contributed by atoms with Gasteiger partial charge in [0.15, 0.2) is 0 Å². The molecule has 0 saturated heterocycles. The van der Waals surface area contributed by atoms with E-state index in [0.717, 1.165) is 18.9 Å². The Hall–Kier alpha value is -0.860. The number of hydrogen-bond donors (Lipinski definition) is 2. The molecule has 0 unspecified atom stereocenters. The molecular formula is C15H26N2. The van der Waals surface area contributed by atoms with Crippen LogP contribution in [0.4, 0.5) is 0 Å². The zero-order chi connectivity index (χ0) is 12.9. The molecule has 1 aromatic carbocycles. The summed E-state index contributed by atoms with van der Waals surface area (Å²) in [5.41, 5.74) is 8.43. The van der Waals surface area contributed by atoms with E-state index in [1.54, 1.807) is 0 Å². The summed E-state index contributed by atoms with van der Waals surface area (Å²) < 4.78 is 0. The molecule has 0 heterocycles. The first-order chi connectivity index (χ1) is 7.93. The summed E-state index contributed by atoms with van der Waals surface area (Å²) in [6, 6.07) is 8.87. The number of benzene rings is 1. The molecule has 0 saturated carbocycles. The van der Waals surface area contributed by atoms with E-state index in [1.807, 2.05) is 0 Å². The second-order valence-electron chi connectivity index (χ2n) is 5.86. The van der Waals surface area contributed by atoms with E-state index in [9.17, 15) is 0 Å². The second kappa shape index (κ2) is 6.18. The smallest absolute Gasteiger partial charge is 0.0250 e. The monoisotopic (exact) mass is 234 g/mol. The van der Waals surface area contributed by atoms with Gasteiger partial charge in [0.2, 0.25) is 0 Å². The zero-order valence-electron chi connectivity index (χ0n) is 11.6. The third kappa shape index (κ3) is 5.33. The SMILES string of the molecule is CC(C)Cc1ccc(CNC(C)(C)CN)cc1. The maximum Gasteiger partial charge on any atom is 0.0250 e. The van der Waals surface area contributed by atoms with Crippen molar-refractivity contribution < 1.29 is 0 Å². The summed E-state index contributed by atoms with van der Waals surface area (Å²) in [6.45, 7) is 10.3. The average Bonchev–Trinajstić information content (AvgIpc) is 2.28. The van der Waals surface area contributed by atoms with Gasteiger partial charge in [-0.05, 0) is 37.3 Å². The predicted octanol–water partition coefficient (Wildman–Crippen LogP) is 2.71.